The van der Waals surface area contributed by atoms with Gasteiger partial charge in [-0.25, -0.2) is 0 Å². The summed E-state index contributed by atoms with van der Waals surface area (Å²) in [4.78, 5) is 27.3. The molecule has 6 rings (SSSR count). The number of nitrogens with one attached hydrogen (secondary N) is 1. The molecule has 0 spiro atoms. The lowest BCUT2D eigenvalue weighted by Gasteiger charge is -2.37. The molecule has 2 saturated carbocycles. The van der Waals surface area contributed by atoms with Gasteiger partial charge >= 0.3 is 0 Å². The quantitative estimate of drug-likeness (QED) is 0.623. The first-order chi connectivity index (χ1) is 12.0. The van der Waals surface area contributed by atoms with Crippen LogP contribution in [0.15, 0.2) is 28.8 Å². The molecular weight excluding hydrogens is 380 g/mol. The largest absolute Gasteiger partial charge is 0.367 e. The maximum atomic E-state index is 12.9. The number of amides is 2. The second-order valence-electron chi connectivity index (χ2n) is 8.02. The van der Waals surface area contributed by atoms with Gasteiger partial charge in [0.25, 0.3) is 0 Å². The zero-order valence-electron chi connectivity index (χ0n) is 14.3. The Morgan fingerprint density at radius 2 is 1.56 bits per heavy atom. The normalized spacial score (nSPS) is 37.3. The van der Waals surface area contributed by atoms with E-state index in [0.29, 0.717) is 23.7 Å². The van der Waals surface area contributed by atoms with Crippen LogP contribution in [0.3, 0.4) is 0 Å². The van der Waals surface area contributed by atoms with Crippen molar-refractivity contribution >= 4 is 33.4 Å². The molecule has 5 heteroatoms. The Morgan fingerprint density at radius 1 is 1.04 bits per heavy atom. The van der Waals surface area contributed by atoms with Crippen molar-refractivity contribution in [2.24, 2.45) is 35.5 Å². The molecule has 1 N–H and O–H groups in total. The van der Waals surface area contributed by atoms with Gasteiger partial charge in [-0.15, -0.1) is 0 Å². The molecule has 25 heavy (non-hydrogen) atoms. The van der Waals surface area contributed by atoms with E-state index in [2.05, 4.69) is 33.4 Å². The number of hydrogen-bond acceptors (Lipinski definition) is 3. The summed E-state index contributed by atoms with van der Waals surface area (Å²) in [6, 6.07) is 4.07. The van der Waals surface area contributed by atoms with E-state index in [1.54, 1.807) is 0 Å². The molecule has 2 amide bonds. The second kappa shape index (κ2) is 5.19. The molecule has 1 aromatic rings. The number of rotatable bonds is 3. The number of allylic oxidation sites excluding steroid dienone is 2. The van der Waals surface area contributed by atoms with E-state index in [1.165, 1.54) is 11.3 Å². The minimum absolute atomic E-state index is 0.0257. The van der Waals surface area contributed by atoms with Gasteiger partial charge in [-0.3, -0.25) is 14.5 Å². The number of carbonyl (C=O) groups is 2. The molecule has 4 nitrogen and oxygen atoms in total. The summed E-state index contributed by atoms with van der Waals surface area (Å²) < 4.78 is 1.10. The van der Waals surface area contributed by atoms with E-state index in [-0.39, 0.29) is 30.3 Å². The molecule has 1 heterocycles. The molecule has 0 radical (unpaired) electrons. The van der Waals surface area contributed by atoms with Gasteiger partial charge in [-0.1, -0.05) is 28.1 Å². The van der Waals surface area contributed by atoms with E-state index in [4.69, 9.17) is 0 Å². The van der Waals surface area contributed by atoms with Crippen LogP contribution in [0.25, 0.3) is 0 Å². The van der Waals surface area contributed by atoms with Crippen molar-refractivity contribution in [3.63, 3.8) is 0 Å². The molecule has 0 unspecified atom stereocenters. The lowest BCUT2D eigenvalue weighted by atomic mass is 9.63. The van der Waals surface area contributed by atoms with Gasteiger partial charge in [0.15, 0.2) is 0 Å². The van der Waals surface area contributed by atoms with Crippen molar-refractivity contribution in [2.75, 3.05) is 12.0 Å². The first kappa shape index (κ1) is 15.6. The first-order valence-electron chi connectivity index (χ1n) is 9.01. The van der Waals surface area contributed by atoms with E-state index in [1.807, 2.05) is 26.0 Å². The van der Waals surface area contributed by atoms with Crippen LogP contribution in [0.1, 0.15) is 17.5 Å². The summed E-state index contributed by atoms with van der Waals surface area (Å²) in [5.74, 6) is 1.71. The van der Waals surface area contributed by atoms with Crippen LogP contribution in [0.4, 0.5) is 5.69 Å². The van der Waals surface area contributed by atoms with Crippen LogP contribution in [0, 0.1) is 49.4 Å². The monoisotopic (exact) mass is 400 g/mol. The van der Waals surface area contributed by atoms with Crippen molar-refractivity contribution in [1.29, 1.82) is 0 Å². The Labute approximate surface area is 155 Å². The Morgan fingerprint density at radius 3 is 2.08 bits per heavy atom. The average molecular weight is 401 g/mol. The van der Waals surface area contributed by atoms with Gasteiger partial charge in [0.1, 0.15) is 0 Å². The fourth-order valence-electron chi connectivity index (χ4n) is 5.39. The summed E-state index contributed by atoms with van der Waals surface area (Å²) in [5.41, 5.74) is 3.22. The average Bonchev–Trinajstić information content (AvgIpc) is 3.37. The number of imide groups is 1. The highest BCUT2D eigenvalue weighted by molar-refractivity contribution is 9.10. The number of halogens is 1. The van der Waals surface area contributed by atoms with E-state index < -0.39 is 0 Å². The third-order valence-corrected chi connectivity index (χ3v) is 7.88. The van der Waals surface area contributed by atoms with Crippen LogP contribution in [-0.2, 0) is 9.59 Å². The van der Waals surface area contributed by atoms with Gasteiger partial charge < -0.3 is 5.32 Å². The number of aryl methyl sites for hydroxylation is 2. The Bertz CT molecular complexity index is 774. The van der Waals surface area contributed by atoms with Gasteiger partial charge in [-0.05, 0) is 67.2 Å². The Balaban J connectivity index is 1.36. The lowest BCUT2D eigenvalue weighted by Crippen LogP contribution is -2.40. The van der Waals surface area contributed by atoms with Crippen molar-refractivity contribution in [1.82, 2.24) is 4.90 Å². The number of nitrogens with zero attached hydrogens (tertiary/aromatic N) is 1. The van der Waals surface area contributed by atoms with Gasteiger partial charge in [0.2, 0.25) is 11.8 Å². The topological polar surface area (TPSA) is 49.4 Å². The predicted molar refractivity (Wildman–Crippen MR) is 98.7 cm³/mol. The van der Waals surface area contributed by atoms with E-state index >= 15 is 0 Å². The molecule has 1 saturated heterocycles. The predicted octanol–water partition coefficient (Wildman–Crippen LogP) is 3.49. The Kier molecular flexibility index (Phi) is 3.25. The van der Waals surface area contributed by atoms with Crippen molar-refractivity contribution in [2.45, 2.75) is 20.3 Å². The summed E-state index contributed by atoms with van der Waals surface area (Å²) in [6.45, 7) is 4.34. The van der Waals surface area contributed by atoms with Gasteiger partial charge in [0, 0.05) is 10.2 Å². The highest BCUT2D eigenvalue weighted by Gasteiger charge is 2.66. The number of carbonyl (C=O) groups excluding carboxylic acids is 2. The molecule has 6 atom stereocenters. The second-order valence-corrected chi connectivity index (χ2v) is 8.81. The molecule has 1 aromatic carbocycles. The van der Waals surface area contributed by atoms with Crippen LogP contribution >= 0.6 is 15.9 Å². The molecule has 1 aliphatic heterocycles. The summed E-state index contributed by atoms with van der Waals surface area (Å²) in [7, 11) is 0. The molecular formula is C20H21BrN2O2. The lowest BCUT2D eigenvalue weighted by molar-refractivity contribution is -0.139. The van der Waals surface area contributed by atoms with Gasteiger partial charge in [-0.2, -0.15) is 0 Å². The molecule has 4 aliphatic carbocycles. The number of likely N-dealkylation sites (tertiary alicyclic amines) is 1. The highest BCUT2D eigenvalue weighted by Crippen LogP contribution is 2.65. The minimum atomic E-state index is -0.110. The van der Waals surface area contributed by atoms with Crippen LogP contribution < -0.4 is 5.32 Å². The third-order valence-electron chi connectivity index (χ3n) is 6.63. The fraction of sp³-hybridized carbons (Fsp3) is 0.500. The maximum absolute atomic E-state index is 12.9. The highest BCUT2D eigenvalue weighted by atomic mass is 79.9. The summed E-state index contributed by atoms with van der Waals surface area (Å²) in [6.07, 6.45) is 5.62. The van der Waals surface area contributed by atoms with E-state index in [9.17, 15) is 9.59 Å². The van der Waals surface area contributed by atoms with Crippen LogP contribution in [0.5, 0.6) is 0 Å². The smallest absolute Gasteiger partial charge is 0.235 e. The fourth-order valence-corrected chi connectivity index (χ4v) is 5.62. The molecule has 5 aliphatic rings. The summed E-state index contributed by atoms with van der Waals surface area (Å²) >= 11 is 3.57. The Hall–Kier alpha value is -1.62. The molecule has 2 bridgehead atoms. The van der Waals surface area contributed by atoms with Crippen LogP contribution in [0.2, 0.25) is 0 Å². The maximum Gasteiger partial charge on any atom is 0.235 e. The SMILES string of the molecule is Cc1cc(NCN2C(=O)[C@H]3[C@@H]4C=C[C@H]([C@@H]5C[C@@H]45)[C@@H]3C2=O)cc(C)c1Br. The zero-order chi connectivity index (χ0) is 17.5. The molecule has 130 valence electrons. The zero-order valence-corrected chi connectivity index (χ0v) is 15.9. The standard InChI is InChI=1S/C20H21BrN2O2/c1-9-5-11(6-10(2)18(9)21)22-8-23-19(24)16-12-3-4-13(15-7-14(12)15)17(16)20(23)25/h3-6,12-17,22H,7-8H2,1-2H3/t12-,13-,14+,15+,16+,17+/m1/s1. The summed E-state index contributed by atoms with van der Waals surface area (Å²) in [5, 5.41) is 3.28. The number of benzene rings is 1. The van der Waals surface area contributed by atoms with E-state index in [0.717, 1.165) is 21.3 Å². The van der Waals surface area contributed by atoms with Crippen LogP contribution in [-0.4, -0.2) is 23.4 Å². The van der Waals surface area contributed by atoms with Crippen molar-refractivity contribution in [3.8, 4) is 0 Å². The van der Waals surface area contributed by atoms with Crippen molar-refractivity contribution in [3.05, 3.63) is 39.9 Å². The number of anilines is 1. The first-order valence-corrected chi connectivity index (χ1v) is 9.81. The number of hydrogen-bond donors (Lipinski definition) is 1. The van der Waals surface area contributed by atoms with Crippen molar-refractivity contribution < 1.29 is 9.59 Å². The third kappa shape index (κ3) is 2.11. The molecule has 3 fully saturated rings. The minimum Gasteiger partial charge on any atom is -0.367 e. The molecule has 0 aromatic heterocycles. The van der Waals surface area contributed by atoms with Gasteiger partial charge in [0.05, 0.1) is 18.5 Å².